The lowest BCUT2D eigenvalue weighted by molar-refractivity contribution is -0.139. The van der Waals surface area contributed by atoms with Crippen LogP contribution in [0.1, 0.15) is 16.7 Å². The molecule has 2 rings (SSSR count). The molecule has 1 aliphatic rings. The summed E-state index contributed by atoms with van der Waals surface area (Å²) in [5.41, 5.74) is 2.40. The molecule has 1 atom stereocenters. The van der Waals surface area contributed by atoms with E-state index in [1.807, 2.05) is 6.92 Å². The number of halogens is 1. The lowest BCUT2D eigenvalue weighted by Crippen LogP contribution is -2.42. The molecule has 80 valence electrons. The predicted octanol–water partition coefficient (Wildman–Crippen LogP) is 1.23. The molecule has 2 N–H and O–H groups in total. The number of carboxylic acids is 1. The molecule has 1 unspecified atom stereocenters. The molecule has 4 heteroatoms. The first-order valence-corrected chi connectivity index (χ1v) is 4.82. The molecular weight excluding hydrogens is 197 g/mol. The first kappa shape index (κ1) is 10.1. The topological polar surface area (TPSA) is 49.3 Å². The summed E-state index contributed by atoms with van der Waals surface area (Å²) in [5, 5.41) is 11.7. The van der Waals surface area contributed by atoms with Crippen molar-refractivity contribution < 1.29 is 14.3 Å². The van der Waals surface area contributed by atoms with Crippen molar-refractivity contribution in [3.05, 3.63) is 34.6 Å². The number of aryl methyl sites for hydroxylation is 1. The number of nitrogens with one attached hydrogen (secondary N) is 1. The van der Waals surface area contributed by atoms with E-state index >= 15 is 0 Å². The molecule has 0 saturated carbocycles. The Morgan fingerprint density at radius 1 is 1.53 bits per heavy atom. The molecule has 0 radical (unpaired) electrons. The Morgan fingerprint density at radius 2 is 2.27 bits per heavy atom. The predicted molar refractivity (Wildman–Crippen MR) is 53.1 cm³/mol. The number of hydrogen-bond acceptors (Lipinski definition) is 2. The minimum Gasteiger partial charge on any atom is -0.480 e. The van der Waals surface area contributed by atoms with Gasteiger partial charge in [-0.05, 0) is 30.5 Å². The van der Waals surface area contributed by atoms with Gasteiger partial charge in [-0.15, -0.1) is 0 Å². The van der Waals surface area contributed by atoms with Crippen molar-refractivity contribution in [2.75, 3.05) is 0 Å². The molecule has 3 nitrogen and oxygen atoms in total. The highest BCUT2D eigenvalue weighted by molar-refractivity contribution is 5.74. The quantitative estimate of drug-likeness (QED) is 0.731. The molecule has 1 aromatic rings. The fourth-order valence-electron chi connectivity index (χ4n) is 1.93. The highest BCUT2D eigenvalue weighted by Crippen LogP contribution is 2.23. The average Bonchev–Trinajstić information content (AvgIpc) is 2.23. The van der Waals surface area contributed by atoms with Gasteiger partial charge in [0, 0.05) is 12.1 Å². The van der Waals surface area contributed by atoms with E-state index in [1.165, 1.54) is 6.07 Å². The number of aliphatic carboxylic acids is 1. The molecule has 15 heavy (non-hydrogen) atoms. The zero-order valence-electron chi connectivity index (χ0n) is 8.38. The highest BCUT2D eigenvalue weighted by Gasteiger charge is 2.26. The van der Waals surface area contributed by atoms with Crippen LogP contribution in [-0.2, 0) is 17.8 Å². The smallest absolute Gasteiger partial charge is 0.321 e. The van der Waals surface area contributed by atoms with Gasteiger partial charge in [0.1, 0.15) is 11.9 Å². The van der Waals surface area contributed by atoms with Crippen LogP contribution in [0.2, 0.25) is 0 Å². The van der Waals surface area contributed by atoms with E-state index in [9.17, 15) is 9.18 Å². The number of carbonyl (C=O) groups is 1. The summed E-state index contributed by atoms with van der Waals surface area (Å²) in [6, 6.07) is 2.52. The largest absolute Gasteiger partial charge is 0.480 e. The highest BCUT2D eigenvalue weighted by atomic mass is 19.1. The molecule has 0 spiro atoms. The van der Waals surface area contributed by atoms with Crippen molar-refractivity contribution >= 4 is 5.97 Å². The van der Waals surface area contributed by atoms with Gasteiger partial charge >= 0.3 is 5.97 Å². The number of hydrogen-bond donors (Lipinski definition) is 2. The second kappa shape index (κ2) is 3.62. The van der Waals surface area contributed by atoms with E-state index in [-0.39, 0.29) is 5.82 Å². The van der Waals surface area contributed by atoms with E-state index in [0.717, 1.165) is 11.1 Å². The van der Waals surface area contributed by atoms with Gasteiger partial charge in [0.2, 0.25) is 0 Å². The fraction of sp³-hybridized carbons (Fsp3) is 0.364. The summed E-state index contributed by atoms with van der Waals surface area (Å²) in [7, 11) is 0. The van der Waals surface area contributed by atoms with Crippen LogP contribution in [-0.4, -0.2) is 17.1 Å². The van der Waals surface area contributed by atoms with Crippen LogP contribution in [0.4, 0.5) is 4.39 Å². The molecule has 0 amide bonds. The zero-order chi connectivity index (χ0) is 11.0. The van der Waals surface area contributed by atoms with Gasteiger partial charge in [-0.2, -0.15) is 0 Å². The van der Waals surface area contributed by atoms with Gasteiger partial charge < -0.3 is 5.11 Å². The SMILES string of the molecule is Cc1ccc(F)c2c1CC(C(=O)O)NC2. The Balaban J connectivity index is 2.41. The minimum atomic E-state index is -0.885. The van der Waals surface area contributed by atoms with Gasteiger partial charge in [-0.3, -0.25) is 10.1 Å². The van der Waals surface area contributed by atoms with Gasteiger partial charge in [0.25, 0.3) is 0 Å². The normalized spacial score (nSPS) is 19.7. The van der Waals surface area contributed by atoms with Gasteiger partial charge in [-0.25, -0.2) is 4.39 Å². The van der Waals surface area contributed by atoms with Crippen molar-refractivity contribution in [1.82, 2.24) is 5.32 Å². The Bertz CT molecular complexity index is 417. The third-order valence-corrected chi connectivity index (χ3v) is 2.84. The monoisotopic (exact) mass is 209 g/mol. The van der Waals surface area contributed by atoms with Crippen molar-refractivity contribution in [2.45, 2.75) is 25.9 Å². The average molecular weight is 209 g/mol. The van der Waals surface area contributed by atoms with Crippen LogP contribution in [0.3, 0.4) is 0 Å². The van der Waals surface area contributed by atoms with Crippen LogP contribution < -0.4 is 5.32 Å². The number of rotatable bonds is 1. The molecule has 1 aromatic carbocycles. The summed E-state index contributed by atoms with van der Waals surface area (Å²) in [4.78, 5) is 10.8. The van der Waals surface area contributed by atoms with Gasteiger partial charge in [0.05, 0.1) is 0 Å². The molecule has 1 aliphatic heterocycles. The third-order valence-electron chi connectivity index (χ3n) is 2.84. The van der Waals surface area contributed by atoms with Crippen LogP contribution in [0, 0.1) is 12.7 Å². The summed E-state index contributed by atoms with van der Waals surface area (Å²) >= 11 is 0. The van der Waals surface area contributed by atoms with Crippen LogP contribution in [0.15, 0.2) is 12.1 Å². The summed E-state index contributed by atoms with van der Waals surface area (Å²) in [5.74, 6) is -1.14. The van der Waals surface area contributed by atoms with Gasteiger partial charge in [0.15, 0.2) is 0 Å². The van der Waals surface area contributed by atoms with Crippen molar-refractivity contribution in [3.8, 4) is 0 Å². The minimum absolute atomic E-state index is 0.257. The second-order valence-corrected chi connectivity index (χ2v) is 3.80. The molecular formula is C11H12FNO2. The third kappa shape index (κ3) is 1.72. The Kier molecular flexibility index (Phi) is 2.44. The standard InChI is InChI=1S/C11H12FNO2/c1-6-2-3-9(12)8-5-13-10(11(14)15)4-7(6)8/h2-3,10,13H,4-5H2,1H3,(H,14,15). The molecule has 0 saturated heterocycles. The maximum Gasteiger partial charge on any atom is 0.321 e. The van der Waals surface area contributed by atoms with Gasteiger partial charge in [-0.1, -0.05) is 6.07 Å². The van der Waals surface area contributed by atoms with E-state index < -0.39 is 12.0 Å². The van der Waals surface area contributed by atoms with Crippen LogP contribution >= 0.6 is 0 Å². The van der Waals surface area contributed by atoms with Crippen molar-refractivity contribution in [3.63, 3.8) is 0 Å². The number of benzene rings is 1. The maximum absolute atomic E-state index is 13.4. The Hall–Kier alpha value is -1.42. The van der Waals surface area contributed by atoms with E-state index in [0.29, 0.717) is 18.5 Å². The first-order chi connectivity index (χ1) is 7.09. The molecule has 0 aliphatic carbocycles. The summed E-state index contributed by atoms with van der Waals surface area (Å²) in [6.07, 6.45) is 0.355. The van der Waals surface area contributed by atoms with E-state index in [1.54, 1.807) is 6.07 Å². The van der Waals surface area contributed by atoms with Crippen molar-refractivity contribution in [2.24, 2.45) is 0 Å². The molecule has 0 aromatic heterocycles. The Labute approximate surface area is 86.9 Å². The second-order valence-electron chi connectivity index (χ2n) is 3.80. The first-order valence-electron chi connectivity index (χ1n) is 4.82. The zero-order valence-corrected chi connectivity index (χ0v) is 8.38. The summed E-state index contributed by atoms with van der Waals surface area (Å²) < 4.78 is 13.4. The lowest BCUT2D eigenvalue weighted by Gasteiger charge is -2.24. The molecule has 0 bridgehead atoms. The molecule has 0 fully saturated rings. The van der Waals surface area contributed by atoms with E-state index in [2.05, 4.69) is 5.32 Å². The van der Waals surface area contributed by atoms with Crippen LogP contribution in [0.25, 0.3) is 0 Å². The summed E-state index contributed by atoms with van der Waals surface area (Å²) in [6.45, 7) is 2.17. The van der Waals surface area contributed by atoms with Crippen molar-refractivity contribution in [1.29, 1.82) is 0 Å². The van der Waals surface area contributed by atoms with E-state index in [4.69, 9.17) is 5.11 Å². The fourth-order valence-corrected chi connectivity index (χ4v) is 1.93. The lowest BCUT2D eigenvalue weighted by atomic mass is 9.92. The number of fused-ring (bicyclic) bond motifs is 1. The van der Waals surface area contributed by atoms with Crippen LogP contribution in [0.5, 0.6) is 0 Å². The maximum atomic E-state index is 13.4. The Morgan fingerprint density at radius 3 is 2.93 bits per heavy atom. The number of carboxylic acid groups (broad SMARTS) is 1. The molecule has 1 heterocycles.